The molecule has 172 valence electrons. The van der Waals surface area contributed by atoms with E-state index in [1.807, 2.05) is 12.1 Å². The van der Waals surface area contributed by atoms with Crippen molar-refractivity contribution >= 4 is 23.1 Å². The van der Waals surface area contributed by atoms with E-state index in [4.69, 9.17) is 19.7 Å². The molecule has 0 amide bonds. The van der Waals surface area contributed by atoms with Crippen molar-refractivity contribution < 1.29 is 9.84 Å². The molecule has 2 aromatic heterocycles. The second kappa shape index (κ2) is 9.70. The molecular formula is C23H33N7O2. The average molecular weight is 440 g/mol. The Morgan fingerprint density at radius 2 is 1.97 bits per heavy atom. The van der Waals surface area contributed by atoms with Gasteiger partial charge in [-0.25, -0.2) is 9.97 Å². The number of phenols is 1. The molecule has 1 aliphatic heterocycles. The molecule has 3 heterocycles. The molecular weight excluding hydrogens is 406 g/mol. The van der Waals surface area contributed by atoms with E-state index in [1.165, 1.54) is 0 Å². The maximum atomic E-state index is 10.1. The van der Waals surface area contributed by atoms with Gasteiger partial charge in [-0.05, 0) is 39.6 Å². The van der Waals surface area contributed by atoms with Crippen molar-refractivity contribution in [1.29, 1.82) is 0 Å². The highest BCUT2D eigenvalue weighted by Crippen LogP contribution is 2.33. The van der Waals surface area contributed by atoms with Gasteiger partial charge < -0.3 is 25.0 Å². The number of rotatable bonds is 8. The van der Waals surface area contributed by atoms with Crippen molar-refractivity contribution in [3.63, 3.8) is 0 Å². The predicted molar refractivity (Wildman–Crippen MR) is 128 cm³/mol. The van der Waals surface area contributed by atoms with E-state index >= 15 is 0 Å². The summed E-state index contributed by atoms with van der Waals surface area (Å²) in [5.41, 5.74) is 3.09. The summed E-state index contributed by atoms with van der Waals surface area (Å²) in [6, 6.07) is 7.38. The van der Waals surface area contributed by atoms with E-state index in [9.17, 15) is 5.11 Å². The Balaban J connectivity index is 1.89. The zero-order valence-corrected chi connectivity index (χ0v) is 19.4. The number of imidazole rings is 1. The Labute approximate surface area is 189 Å². The van der Waals surface area contributed by atoms with E-state index < -0.39 is 0 Å². The van der Waals surface area contributed by atoms with E-state index in [0.717, 1.165) is 61.0 Å². The molecule has 0 bridgehead atoms. The minimum absolute atomic E-state index is 0.202. The molecule has 4 rings (SSSR count). The lowest BCUT2D eigenvalue weighted by molar-refractivity contribution is 0.122. The van der Waals surface area contributed by atoms with E-state index in [-0.39, 0.29) is 11.8 Å². The lowest BCUT2D eigenvalue weighted by Crippen LogP contribution is -2.37. The van der Waals surface area contributed by atoms with Gasteiger partial charge >= 0.3 is 0 Å². The summed E-state index contributed by atoms with van der Waals surface area (Å²) in [6.07, 6.45) is 0.951. The van der Waals surface area contributed by atoms with Gasteiger partial charge in [0, 0.05) is 37.8 Å². The molecule has 0 radical (unpaired) electrons. The van der Waals surface area contributed by atoms with Crippen LogP contribution in [0.25, 0.3) is 22.4 Å². The first-order chi connectivity index (χ1) is 15.5. The van der Waals surface area contributed by atoms with Gasteiger partial charge in [0.25, 0.3) is 0 Å². The molecule has 3 aromatic rings. The van der Waals surface area contributed by atoms with Crippen LogP contribution >= 0.6 is 0 Å². The summed E-state index contributed by atoms with van der Waals surface area (Å²) >= 11 is 0. The van der Waals surface area contributed by atoms with Crippen molar-refractivity contribution in [1.82, 2.24) is 24.4 Å². The average Bonchev–Trinajstić information content (AvgIpc) is 3.16. The van der Waals surface area contributed by atoms with Crippen molar-refractivity contribution in [2.75, 3.05) is 63.7 Å². The van der Waals surface area contributed by atoms with Crippen LogP contribution in [0.15, 0.2) is 24.3 Å². The Kier molecular flexibility index (Phi) is 6.76. The number of aromatic nitrogens is 4. The third-order valence-corrected chi connectivity index (χ3v) is 5.82. The Morgan fingerprint density at radius 1 is 1.19 bits per heavy atom. The highest BCUT2D eigenvalue weighted by atomic mass is 16.5. The quantitative estimate of drug-likeness (QED) is 0.554. The molecule has 0 spiro atoms. The van der Waals surface area contributed by atoms with Crippen molar-refractivity contribution in [2.45, 2.75) is 26.3 Å². The number of morpholine rings is 1. The molecule has 32 heavy (non-hydrogen) atoms. The van der Waals surface area contributed by atoms with Gasteiger partial charge in [0.2, 0.25) is 11.9 Å². The van der Waals surface area contributed by atoms with E-state index in [0.29, 0.717) is 19.2 Å². The Hall–Kier alpha value is -2.91. The number of hydrogen-bond acceptors (Lipinski definition) is 8. The number of nitrogens with zero attached hydrogens (tertiary/aromatic N) is 6. The monoisotopic (exact) mass is 439 g/mol. The number of benzene rings is 1. The van der Waals surface area contributed by atoms with Gasteiger partial charge in [-0.1, -0.05) is 19.1 Å². The second-order valence-corrected chi connectivity index (χ2v) is 8.49. The summed E-state index contributed by atoms with van der Waals surface area (Å²) < 4.78 is 7.71. The maximum absolute atomic E-state index is 10.1. The van der Waals surface area contributed by atoms with Crippen molar-refractivity contribution in [2.24, 2.45) is 0 Å². The smallest absolute Gasteiger partial charge is 0.228 e. The molecule has 1 saturated heterocycles. The molecule has 9 heteroatoms. The molecule has 1 atom stereocenters. The fourth-order valence-corrected chi connectivity index (χ4v) is 3.84. The maximum Gasteiger partial charge on any atom is 0.228 e. The summed E-state index contributed by atoms with van der Waals surface area (Å²) in [4.78, 5) is 19.2. The molecule has 1 aliphatic rings. The van der Waals surface area contributed by atoms with Crippen LogP contribution in [0.2, 0.25) is 0 Å². The number of aromatic hydroxyl groups is 1. The topological polar surface area (TPSA) is 91.6 Å². The summed E-state index contributed by atoms with van der Waals surface area (Å²) in [5, 5.41) is 13.6. The fourth-order valence-electron chi connectivity index (χ4n) is 3.84. The number of ether oxygens (including phenoxy) is 1. The first kappa shape index (κ1) is 22.3. The van der Waals surface area contributed by atoms with Gasteiger partial charge in [0.1, 0.15) is 17.0 Å². The van der Waals surface area contributed by atoms with Crippen LogP contribution in [0.1, 0.15) is 26.3 Å². The summed E-state index contributed by atoms with van der Waals surface area (Å²) in [5.74, 6) is 1.67. The van der Waals surface area contributed by atoms with Gasteiger partial charge in [-0.3, -0.25) is 4.57 Å². The molecule has 0 aliphatic carbocycles. The Bertz CT molecular complexity index is 1060. The van der Waals surface area contributed by atoms with Crippen LogP contribution in [0.4, 0.5) is 11.9 Å². The van der Waals surface area contributed by atoms with Gasteiger partial charge in [-0.15, -0.1) is 0 Å². The fraction of sp³-hybridized carbons (Fsp3) is 0.522. The van der Waals surface area contributed by atoms with Gasteiger partial charge in [-0.2, -0.15) is 4.98 Å². The third-order valence-electron chi connectivity index (χ3n) is 5.82. The first-order valence-corrected chi connectivity index (χ1v) is 11.3. The molecule has 2 N–H and O–H groups in total. The van der Waals surface area contributed by atoms with E-state index in [2.05, 4.69) is 47.6 Å². The minimum atomic E-state index is 0.202. The number of hydrogen-bond donors (Lipinski definition) is 2. The summed E-state index contributed by atoms with van der Waals surface area (Å²) in [6.45, 7) is 8.83. The number of phenolic OH excluding ortho intramolecular Hbond substituents is 1. The van der Waals surface area contributed by atoms with Crippen molar-refractivity contribution in [3.05, 3.63) is 24.3 Å². The molecule has 0 saturated carbocycles. The standard InChI is InChI=1S/C23H33N7O2/c1-5-16(2)30-21-20(26-22(30)24-9-10-28(3)4)19(17-7-6-8-18(31)15-17)25-23(27-21)29-11-13-32-14-12-29/h6-8,15-16,31H,5,9-14H2,1-4H3,(H,24,26). The first-order valence-electron chi connectivity index (χ1n) is 11.3. The highest BCUT2D eigenvalue weighted by Gasteiger charge is 2.24. The molecule has 1 fully saturated rings. The van der Waals surface area contributed by atoms with Gasteiger partial charge in [0.15, 0.2) is 5.65 Å². The van der Waals surface area contributed by atoms with Crippen molar-refractivity contribution in [3.8, 4) is 17.0 Å². The molecule has 1 unspecified atom stereocenters. The lowest BCUT2D eigenvalue weighted by atomic mass is 10.1. The van der Waals surface area contributed by atoms with Gasteiger partial charge in [0.05, 0.1) is 13.2 Å². The largest absolute Gasteiger partial charge is 0.508 e. The Morgan fingerprint density at radius 3 is 2.66 bits per heavy atom. The van der Waals surface area contributed by atoms with Crippen LogP contribution in [-0.4, -0.2) is 83.0 Å². The van der Waals surface area contributed by atoms with Crippen LogP contribution in [0.5, 0.6) is 5.75 Å². The lowest BCUT2D eigenvalue weighted by Gasteiger charge is -2.27. The summed E-state index contributed by atoms with van der Waals surface area (Å²) in [7, 11) is 4.11. The SMILES string of the molecule is CCC(C)n1c(NCCN(C)C)nc2c(-c3cccc(O)c3)nc(N3CCOCC3)nc21. The number of likely N-dealkylation sites (N-methyl/N-ethyl adjacent to an activating group) is 1. The highest BCUT2D eigenvalue weighted by molar-refractivity contribution is 5.90. The minimum Gasteiger partial charge on any atom is -0.508 e. The van der Waals surface area contributed by atoms with E-state index in [1.54, 1.807) is 12.1 Å². The van der Waals surface area contributed by atoms with Crippen LogP contribution in [0, 0.1) is 0 Å². The zero-order valence-electron chi connectivity index (χ0n) is 19.4. The van der Waals surface area contributed by atoms with Crippen LogP contribution in [-0.2, 0) is 4.74 Å². The second-order valence-electron chi connectivity index (χ2n) is 8.49. The zero-order chi connectivity index (χ0) is 22.7. The predicted octanol–water partition coefficient (Wildman–Crippen LogP) is 2.98. The normalized spacial score (nSPS) is 15.5. The molecule has 9 nitrogen and oxygen atoms in total. The number of nitrogens with one attached hydrogen (secondary N) is 1. The molecule has 1 aromatic carbocycles. The number of fused-ring (bicyclic) bond motifs is 1. The number of anilines is 2. The third kappa shape index (κ3) is 4.63. The van der Waals surface area contributed by atoms with Crippen LogP contribution < -0.4 is 10.2 Å². The van der Waals surface area contributed by atoms with Crippen LogP contribution in [0.3, 0.4) is 0 Å².